The van der Waals surface area contributed by atoms with E-state index in [1.165, 1.54) is 89.9 Å². The van der Waals surface area contributed by atoms with E-state index in [9.17, 15) is 0 Å². The van der Waals surface area contributed by atoms with E-state index in [0.29, 0.717) is 6.61 Å². The highest BCUT2D eigenvalue weighted by molar-refractivity contribution is 4.96. The van der Waals surface area contributed by atoms with Crippen molar-refractivity contribution in [3.05, 3.63) is 48.6 Å². The summed E-state index contributed by atoms with van der Waals surface area (Å²) in [6, 6.07) is 0. The summed E-state index contributed by atoms with van der Waals surface area (Å²) in [5.74, 6) is 0. The van der Waals surface area contributed by atoms with Gasteiger partial charge in [0.1, 0.15) is 0 Å². The summed E-state index contributed by atoms with van der Waals surface area (Å²) < 4.78 is 0. The smallest absolute Gasteiger partial charge is 0.0431 e. The third kappa shape index (κ3) is 26.9. The second-order valence-electron chi connectivity index (χ2n) is 8.10. The number of aliphatic hydroxyl groups excluding tert-OH is 1. The van der Waals surface area contributed by atoms with Gasteiger partial charge in [-0.1, -0.05) is 107 Å². The highest BCUT2D eigenvalue weighted by Gasteiger charge is 1.91. The van der Waals surface area contributed by atoms with E-state index < -0.39 is 0 Å². The van der Waals surface area contributed by atoms with Crippen molar-refractivity contribution >= 4 is 0 Å². The Morgan fingerprint density at radius 2 is 0.759 bits per heavy atom. The molecule has 0 radical (unpaired) electrons. The second-order valence-corrected chi connectivity index (χ2v) is 8.10. The Hall–Kier alpha value is -1.08. The van der Waals surface area contributed by atoms with E-state index in [1.807, 2.05) is 0 Å². The van der Waals surface area contributed by atoms with Crippen LogP contribution in [-0.2, 0) is 0 Å². The van der Waals surface area contributed by atoms with Crippen LogP contribution < -0.4 is 0 Å². The number of rotatable bonds is 22. The molecule has 0 amide bonds. The molecule has 0 aromatic heterocycles. The van der Waals surface area contributed by atoms with Crippen LogP contribution in [0.5, 0.6) is 0 Å². The lowest BCUT2D eigenvalue weighted by Gasteiger charge is -2.00. The summed E-state index contributed by atoms with van der Waals surface area (Å²) in [5, 5.41) is 8.74. The summed E-state index contributed by atoms with van der Waals surface area (Å²) >= 11 is 0. The SMILES string of the molecule is CC/C=C/C/C=C/C/C=C/CCCCCCC/C=C/CCCCCCCCCO. The summed E-state index contributed by atoms with van der Waals surface area (Å²) in [5.41, 5.74) is 0. The number of unbranched alkanes of at least 4 members (excludes halogenated alkanes) is 13. The van der Waals surface area contributed by atoms with E-state index in [-0.39, 0.29) is 0 Å². The Bertz CT molecular complexity index is 403. The maximum atomic E-state index is 8.74. The van der Waals surface area contributed by atoms with Gasteiger partial charge < -0.3 is 5.11 Å². The molecule has 0 fully saturated rings. The first-order valence-electron chi connectivity index (χ1n) is 12.6. The molecule has 0 atom stereocenters. The van der Waals surface area contributed by atoms with E-state index in [2.05, 4.69) is 55.5 Å². The lowest BCUT2D eigenvalue weighted by atomic mass is 10.1. The predicted octanol–water partition coefficient (Wildman–Crippen LogP) is 9.25. The highest BCUT2D eigenvalue weighted by atomic mass is 16.2. The van der Waals surface area contributed by atoms with Crippen molar-refractivity contribution in [3.63, 3.8) is 0 Å². The van der Waals surface area contributed by atoms with Crippen molar-refractivity contribution in [1.82, 2.24) is 0 Å². The molecule has 0 bridgehead atoms. The maximum absolute atomic E-state index is 8.74. The van der Waals surface area contributed by atoms with Crippen molar-refractivity contribution in [2.45, 2.75) is 122 Å². The fraction of sp³-hybridized carbons (Fsp3) is 0.714. The molecule has 168 valence electrons. The molecule has 1 heteroatoms. The van der Waals surface area contributed by atoms with Gasteiger partial charge in [0.25, 0.3) is 0 Å². The van der Waals surface area contributed by atoms with E-state index in [4.69, 9.17) is 5.11 Å². The molecule has 0 aliphatic rings. The van der Waals surface area contributed by atoms with Gasteiger partial charge in [-0.2, -0.15) is 0 Å². The van der Waals surface area contributed by atoms with Gasteiger partial charge >= 0.3 is 0 Å². The van der Waals surface area contributed by atoms with Crippen molar-refractivity contribution in [3.8, 4) is 0 Å². The molecule has 1 N–H and O–H groups in total. The van der Waals surface area contributed by atoms with Crippen molar-refractivity contribution in [2.75, 3.05) is 6.61 Å². The summed E-state index contributed by atoms with van der Waals surface area (Å²) in [4.78, 5) is 0. The van der Waals surface area contributed by atoms with Gasteiger partial charge in [0.2, 0.25) is 0 Å². The minimum atomic E-state index is 0.359. The first kappa shape index (κ1) is 27.9. The molecule has 0 aliphatic carbocycles. The number of aliphatic hydroxyl groups is 1. The van der Waals surface area contributed by atoms with Gasteiger partial charge in [0.05, 0.1) is 0 Å². The van der Waals surface area contributed by atoms with Crippen LogP contribution in [-0.4, -0.2) is 11.7 Å². The van der Waals surface area contributed by atoms with Crippen LogP contribution in [0.4, 0.5) is 0 Å². The average Bonchev–Trinajstić information content (AvgIpc) is 2.74. The lowest BCUT2D eigenvalue weighted by molar-refractivity contribution is 0.282. The summed E-state index contributed by atoms with van der Waals surface area (Å²) in [6.07, 6.45) is 41.2. The minimum absolute atomic E-state index is 0.359. The second kappa shape index (κ2) is 26.9. The van der Waals surface area contributed by atoms with Crippen LogP contribution in [0.1, 0.15) is 122 Å². The summed E-state index contributed by atoms with van der Waals surface area (Å²) in [6.45, 7) is 2.53. The normalized spacial score (nSPS) is 12.5. The topological polar surface area (TPSA) is 20.2 Å². The van der Waals surface area contributed by atoms with Gasteiger partial charge in [-0.25, -0.2) is 0 Å². The van der Waals surface area contributed by atoms with Crippen molar-refractivity contribution in [2.24, 2.45) is 0 Å². The molecule has 0 spiro atoms. The Balaban J connectivity index is 3.20. The van der Waals surface area contributed by atoms with Gasteiger partial charge in [0, 0.05) is 6.61 Å². The molecule has 0 saturated carbocycles. The van der Waals surface area contributed by atoms with Crippen molar-refractivity contribution in [1.29, 1.82) is 0 Å². The van der Waals surface area contributed by atoms with Gasteiger partial charge in [-0.15, -0.1) is 0 Å². The van der Waals surface area contributed by atoms with E-state index in [0.717, 1.165) is 25.7 Å². The monoisotopic (exact) mass is 402 g/mol. The lowest BCUT2D eigenvalue weighted by Crippen LogP contribution is -1.83. The van der Waals surface area contributed by atoms with Gasteiger partial charge in [-0.3, -0.25) is 0 Å². The third-order valence-electron chi connectivity index (χ3n) is 5.22. The van der Waals surface area contributed by atoms with Gasteiger partial charge in [0.15, 0.2) is 0 Å². The third-order valence-corrected chi connectivity index (χ3v) is 5.22. The average molecular weight is 403 g/mol. The Morgan fingerprint density at radius 1 is 0.414 bits per heavy atom. The molecule has 0 heterocycles. The molecule has 0 aliphatic heterocycles. The zero-order chi connectivity index (χ0) is 21.1. The van der Waals surface area contributed by atoms with Crippen LogP contribution >= 0.6 is 0 Å². The Morgan fingerprint density at radius 3 is 1.21 bits per heavy atom. The quantitative estimate of drug-likeness (QED) is 0.141. The zero-order valence-electron chi connectivity index (χ0n) is 19.5. The molecule has 0 saturated heterocycles. The molecule has 0 rings (SSSR count). The number of hydrogen-bond acceptors (Lipinski definition) is 1. The zero-order valence-corrected chi connectivity index (χ0v) is 19.5. The van der Waals surface area contributed by atoms with E-state index >= 15 is 0 Å². The van der Waals surface area contributed by atoms with Crippen molar-refractivity contribution < 1.29 is 5.11 Å². The molecule has 0 aromatic carbocycles. The van der Waals surface area contributed by atoms with Crippen LogP contribution in [0.15, 0.2) is 48.6 Å². The fourth-order valence-corrected chi connectivity index (χ4v) is 3.37. The largest absolute Gasteiger partial charge is 0.396 e. The molecule has 0 unspecified atom stereocenters. The number of allylic oxidation sites excluding steroid dienone is 8. The number of hydrogen-bond donors (Lipinski definition) is 1. The first-order valence-corrected chi connectivity index (χ1v) is 12.6. The molecular formula is C28H50O. The van der Waals surface area contributed by atoms with Crippen LogP contribution in [0, 0.1) is 0 Å². The minimum Gasteiger partial charge on any atom is -0.396 e. The molecule has 0 aromatic rings. The van der Waals surface area contributed by atoms with Gasteiger partial charge in [-0.05, 0) is 64.2 Å². The Labute approximate surface area is 183 Å². The highest BCUT2D eigenvalue weighted by Crippen LogP contribution is 2.10. The van der Waals surface area contributed by atoms with Crippen LogP contribution in [0.2, 0.25) is 0 Å². The summed E-state index contributed by atoms with van der Waals surface area (Å²) in [7, 11) is 0. The Kier molecular flexibility index (Phi) is 25.9. The predicted molar refractivity (Wildman–Crippen MR) is 132 cm³/mol. The molecule has 1 nitrogen and oxygen atoms in total. The van der Waals surface area contributed by atoms with Crippen LogP contribution in [0.25, 0.3) is 0 Å². The molecule has 29 heavy (non-hydrogen) atoms. The van der Waals surface area contributed by atoms with E-state index in [1.54, 1.807) is 0 Å². The maximum Gasteiger partial charge on any atom is 0.0431 e. The standard InChI is InChI=1S/C28H50O/c1-2-3-4-5-6-7-8-9-10-11-12-13-14-15-16-17-18-19-20-21-22-23-24-25-26-27-28-29/h3-4,6-7,9-10,18-19,29H,2,5,8,11-17,20-28H2,1H3/b4-3+,7-6+,10-9+,19-18+. The van der Waals surface area contributed by atoms with Crippen LogP contribution in [0.3, 0.4) is 0 Å². The fourth-order valence-electron chi connectivity index (χ4n) is 3.37. The molecular weight excluding hydrogens is 352 g/mol. The first-order chi connectivity index (χ1) is 14.4.